The Morgan fingerprint density at radius 2 is 0.941 bits per heavy atom. The van der Waals surface area contributed by atoms with E-state index in [9.17, 15) is 0 Å². The average Bonchev–Trinajstić information content (AvgIpc) is 3.25. The normalized spacial score (nSPS) is 11.7. The van der Waals surface area contributed by atoms with Gasteiger partial charge in [-0.05, 0) is 74.1 Å². The predicted octanol–water partition coefficient (Wildman–Crippen LogP) is 9.99. The van der Waals surface area contributed by atoms with Gasteiger partial charge in [0.25, 0.3) is 0 Å². The van der Waals surface area contributed by atoms with Crippen molar-refractivity contribution in [3.05, 3.63) is 120 Å². The van der Waals surface area contributed by atoms with E-state index in [4.69, 9.17) is 4.42 Å². The molecule has 0 aliphatic carbocycles. The van der Waals surface area contributed by atoms with Crippen LogP contribution in [0.1, 0.15) is 0 Å². The van der Waals surface area contributed by atoms with Gasteiger partial charge in [0.2, 0.25) is 0 Å². The molecule has 0 radical (unpaired) electrons. The van der Waals surface area contributed by atoms with E-state index in [1.807, 2.05) is 12.1 Å². The molecular weight excluding hydrogens is 480 g/mol. The van der Waals surface area contributed by atoms with E-state index >= 15 is 0 Å². The molecule has 0 atom stereocenters. The molecule has 0 amide bonds. The second kappa shape index (κ2) is 7.58. The molecule has 0 saturated carbocycles. The Morgan fingerprint density at radius 1 is 0.412 bits per heavy atom. The Balaban J connectivity index is 1.62. The average molecular weight is 499 g/mol. The van der Waals surface area contributed by atoms with Gasteiger partial charge in [-0.3, -0.25) is 0 Å². The zero-order chi connectivity index (χ0) is 22.6. The first-order valence-corrected chi connectivity index (χ1v) is 12.2. The number of fused-ring (bicyclic) bond motifs is 5. The smallest absolute Gasteiger partial charge is 0.135 e. The second-order valence-corrected chi connectivity index (χ2v) is 9.58. The van der Waals surface area contributed by atoms with E-state index in [-0.39, 0.29) is 0 Å². The Hall–Kier alpha value is -3.88. The van der Waals surface area contributed by atoms with Crippen molar-refractivity contribution >= 4 is 59.4 Å². The number of hydrogen-bond acceptors (Lipinski definition) is 1. The molecule has 0 saturated heterocycles. The molecule has 34 heavy (non-hydrogen) atoms. The molecule has 0 spiro atoms. The number of hydrogen-bond donors (Lipinski definition) is 0. The standard InChI is InChI=1S/C32H19BrO/c33-22-9-7-8-20(18-22)31-24-11-1-3-13-26(24)32(27-14-4-2-12-25(27)31)21-16-17-30-28(19-21)23-10-5-6-15-29(23)34-30/h1-19H. The van der Waals surface area contributed by atoms with Crippen LogP contribution in [-0.2, 0) is 0 Å². The summed E-state index contributed by atoms with van der Waals surface area (Å²) in [5.41, 5.74) is 6.79. The minimum Gasteiger partial charge on any atom is -0.456 e. The summed E-state index contributed by atoms with van der Waals surface area (Å²) in [6.45, 7) is 0. The lowest BCUT2D eigenvalue weighted by molar-refractivity contribution is 0.669. The molecule has 160 valence electrons. The van der Waals surface area contributed by atoms with Gasteiger partial charge in [-0.1, -0.05) is 101 Å². The first kappa shape index (κ1) is 19.6. The molecule has 0 fully saturated rings. The van der Waals surface area contributed by atoms with Crippen molar-refractivity contribution in [1.82, 2.24) is 0 Å². The lowest BCUT2D eigenvalue weighted by Gasteiger charge is -2.18. The third-order valence-electron chi connectivity index (χ3n) is 6.71. The fraction of sp³-hybridized carbons (Fsp3) is 0. The van der Waals surface area contributed by atoms with Gasteiger partial charge < -0.3 is 4.42 Å². The van der Waals surface area contributed by atoms with Crippen LogP contribution < -0.4 is 0 Å². The van der Waals surface area contributed by atoms with Crippen molar-refractivity contribution in [3.8, 4) is 22.3 Å². The molecule has 0 bridgehead atoms. The van der Waals surface area contributed by atoms with Crippen molar-refractivity contribution in [1.29, 1.82) is 0 Å². The zero-order valence-electron chi connectivity index (χ0n) is 18.3. The lowest BCUT2D eigenvalue weighted by atomic mass is 9.86. The maximum atomic E-state index is 6.10. The molecule has 7 rings (SSSR count). The van der Waals surface area contributed by atoms with E-state index < -0.39 is 0 Å². The summed E-state index contributed by atoms with van der Waals surface area (Å²) in [6, 6.07) is 41.0. The second-order valence-electron chi connectivity index (χ2n) is 8.66. The summed E-state index contributed by atoms with van der Waals surface area (Å²) >= 11 is 3.67. The van der Waals surface area contributed by atoms with Crippen molar-refractivity contribution in [2.45, 2.75) is 0 Å². The van der Waals surface area contributed by atoms with Gasteiger partial charge >= 0.3 is 0 Å². The van der Waals surface area contributed by atoms with Gasteiger partial charge in [-0.25, -0.2) is 0 Å². The highest BCUT2D eigenvalue weighted by Crippen LogP contribution is 2.44. The van der Waals surface area contributed by atoms with Crippen LogP contribution in [0.4, 0.5) is 0 Å². The van der Waals surface area contributed by atoms with Crippen LogP contribution in [0.2, 0.25) is 0 Å². The fourth-order valence-electron chi connectivity index (χ4n) is 5.28. The number of halogens is 1. The van der Waals surface area contributed by atoms with Crippen LogP contribution in [-0.4, -0.2) is 0 Å². The third-order valence-corrected chi connectivity index (χ3v) is 7.20. The van der Waals surface area contributed by atoms with E-state index in [1.54, 1.807) is 0 Å². The van der Waals surface area contributed by atoms with Gasteiger partial charge in [-0.15, -0.1) is 0 Å². The lowest BCUT2D eigenvalue weighted by Crippen LogP contribution is -1.90. The summed E-state index contributed by atoms with van der Waals surface area (Å²) in [6.07, 6.45) is 0. The highest BCUT2D eigenvalue weighted by molar-refractivity contribution is 9.10. The predicted molar refractivity (Wildman–Crippen MR) is 147 cm³/mol. The summed E-state index contributed by atoms with van der Waals surface area (Å²) in [5.74, 6) is 0. The number of benzene rings is 6. The monoisotopic (exact) mass is 498 g/mol. The van der Waals surface area contributed by atoms with Crippen LogP contribution in [0.15, 0.2) is 124 Å². The van der Waals surface area contributed by atoms with E-state index in [2.05, 4.69) is 119 Å². The Labute approximate surface area is 205 Å². The van der Waals surface area contributed by atoms with Crippen LogP contribution in [0.3, 0.4) is 0 Å². The molecule has 2 heteroatoms. The Bertz CT molecular complexity index is 1820. The van der Waals surface area contributed by atoms with Gasteiger partial charge in [0, 0.05) is 15.2 Å². The van der Waals surface area contributed by atoms with Gasteiger partial charge in [0.05, 0.1) is 0 Å². The third kappa shape index (κ3) is 2.92. The molecule has 6 aromatic carbocycles. The number of rotatable bonds is 2. The van der Waals surface area contributed by atoms with Crippen molar-refractivity contribution in [2.24, 2.45) is 0 Å². The van der Waals surface area contributed by atoms with Crippen LogP contribution in [0.5, 0.6) is 0 Å². The molecule has 0 unspecified atom stereocenters. The Kier molecular flexibility index (Phi) is 4.36. The van der Waals surface area contributed by atoms with Crippen molar-refractivity contribution < 1.29 is 4.42 Å². The Morgan fingerprint density at radius 3 is 1.56 bits per heavy atom. The molecule has 0 aliphatic heterocycles. The minimum atomic E-state index is 0.921. The first-order chi connectivity index (χ1) is 16.8. The van der Waals surface area contributed by atoms with Crippen LogP contribution in [0.25, 0.3) is 65.7 Å². The largest absolute Gasteiger partial charge is 0.456 e. The maximum Gasteiger partial charge on any atom is 0.135 e. The van der Waals surface area contributed by atoms with E-state index in [1.165, 1.54) is 43.8 Å². The van der Waals surface area contributed by atoms with Crippen LogP contribution in [0, 0.1) is 0 Å². The van der Waals surface area contributed by atoms with Gasteiger partial charge in [-0.2, -0.15) is 0 Å². The fourth-order valence-corrected chi connectivity index (χ4v) is 5.68. The first-order valence-electron chi connectivity index (χ1n) is 11.4. The summed E-state index contributed by atoms with van der Waals surface area (Å²) < 4.78 is 7.18. The van der Waals surface area contributed by atoms with Crippen molar-refractivity contribution in [2.75, 3.05) is 0 Å². The topological polar surface area (TPSA) is 13.1 Å². The quantitative estimate of drug-likeness (QED) is 0.216. The maximum absolute atomic E-state index is 6.10. The molecule has 1 nitrogen and oxygen atoms in total. The number of para-hydroxylation sites is 1. The highest BCUT2D eigenvalue weighted by atomic mass is 79.9. The SMILES string of the molecule is Brc1cccc(-c2c3ccccc3c(-c3ccc4oc5ccccc5c4c3)c3ccccc23)c1. The van der Waals surface area contributed by atoms with Gasteiger partial charge in [0.15, 0.2) is 0 Å². The molecule has 0 aliphatic rings. The van der Waals surface area contributed by atoms with Crippen LogP contribution >= 0.6 is 15.9 Å². The zero-order valence-corrected chi connectivity index (χ0v) is 19.8. The summed E-state index contributed by atoms with van der Waals surface area (Å²) in [5, 5.41) is 7.32. The minimum absolute atomic E-state index is 0.921. The molecule has 1 heterocycles. The molecule has 0 N–H and O–H groups in total. The summed E-state index contributed by atoms with van der Waals surface area (Å²) in [7, 11) is 0. The highest BCUT2D eigenvalue weighted by Gasteiger charge is 2.17. The molecular formula is C32H19BrO. The number of furan rings is 1. The van der Waals surface area contributed by atoms with E-state index in [0.29, 0.717) is 0 Å². The molecule has 7 aromatic rings. The van der Waals surface area contributed by atoms with Crippen molar-refractivity contribution in [3.63, 3.8) is 0 Å². The van der Waals surface area contributed by atoms with Gasteiger partial charge in [0.1, 0.15) is 11.2 Å². The van der Waals surface area contributed by atoms with E-state index in [0.717, 1.165) is 26.4 Å². The molecule has 1 aromatic heterocycles. The summed E-state index contributed by atoms with van der Waals surface area (Å²) in [4.78, 5) is 0.